The topological polar surface area (TPSA) is 113 Å². The van der Waals surface area contributed by atoms with Gasteiger partial charge in [-0.1, -0.05) is 20.3 Å². The molecule has 1 rings (SSSR count). The van der Waals surface area contributed by atoms with Crippen molar-refractivity contribution in [3.8, 4) is 0 Å². The minimum atomic E-state index is -0.562. The molecule has 0 saturated heterocycles. The molecule has 0 radical (unpaired) electrons. The molecule has 0 saturated carbocycles. The average Bonchev–Trinajstić information content (AvgIpc) is 2.79. The van der Waals surface area contributed by atoms with Gasteiger partial charge in [0.2, 0.25) is 5.69 Å². The maximum atomic E-state index is 11.8. The number of aryl methyl sites for hydroxylation is 1. The molecule has 1 amide bonds. The molecule has 0 aliphatic carbocycles. The number of nitro groups is 1. The van der Waals surface area contributed by atoms with Gasteiger partial charge in [-0.3, -0.25) is 20.0 Å². The molecular formula is C11H20ClN5O3. The van der Waals surface area contributed by atoms with Crippen LogP contribution < -0.4 is 10.6 Å². The Balaban J connectivity index is 0.00000361. The van der Waals surface area contributed by atoms with Crippen molar-refractivity contribution >= 4 is 24.0 Å². The number of amides is 1. The van der Waals surface area contributed by atoms with Crippen LogP contribution in [0.25, 0.3) is 0 Å². The maximum Gasteiger partial charge on any atom is 0.322 e. The highest BCUT2D eigenvalue weighted by molar-refractivity contribution is 5.96. The maximum absolute atomic E-state index is 11.8. The first-order valence-electron chi connectivity index (χ1n) is 6.32. The number of nitrogens with one attached hydrogen (secondary N) is 3. The van der Waals surface area contributed by atoms with Crippen molar-refractivity contribution in [1.82, 2.24) is 20.8 Å². The standard InChI is InChI=1S/C11H19N5O3.ClH/c1-3-5-8-10(16(18)19)9(15-14-8)11(17)13-7-6-12-4-2;/h12H,3-7H2,1-2H3,(H,13,17)(H,14,15);1H. The molecule has 114 valence electrons. The molecule has 20 heavy (non-hydrogen) atoms. The Labute approximate surface area is 123 Å². The van der Waals surface area contributed by atoms with Crippen molar-refractivity contribution in [3.05, 3.63) is 21.5 Å². The highest BCUT2D eigenvalue weighted by Crippen LogP contribution is 2.22. The zero-order valence-electron chi connectivity index (χ0n) is 11.6. The van der Waals surface area contributed by atoms with Gasteiger partial charge in [-0.05, 0) is 13.0 Å². The molecule has 0 fully saturated rings. The van der Waals surface area contributed by atoms with Crippen LogP contribution in [0.5, 0.6) is 0 Å². The molecule has 3 N–H and O–H groups in total. The van der Waals surface area contributed by atoms with Gasteiger partial charge in [0.1, 0.15) is 5.69 Å². The highest BCUT2D eigenvalue weighted by Gasteiger charge is 2.28. The summed E-state index contributed by atoms with van der Waals surface area (Å²) < 4.78 is 0. The van der Waals surface area contributed by atoms with Crippen molar-refractivity contribution in [2.45, 2.75) is 26.7 Å². The summed E-state index contributed by atoms with van der Waals surface area (Å²) in [5.74, 6) is -0.525. The van der Waals surface area contributed by atoms with Crippen LogP contribution in [0.3, 0.4) is 0 Å². The van der Waals surface area contributed by atoms with E-state index in [1.165, 1.54) is 0 Å². The van der Waals surface area contributed by atoms with Gasteiger partial charge in [-0.25, -0.2) is 0 Å². The molecular weight excluding hydrogens is 286 g/mol. The lowest BCUT2D eigenvalue weighted by atomic mass is 10.2. The summed E-state index contributed by atoms with van der Waals surface area (Å²) >= 11 is 0. The van der Waals surface area contributed by atoms with Gasteiger partial charge in [0.05, 0.1) is 4.92 Å². The zero-order chi connectivity index (χ0) is 14.3. The van der Waals surface area contributed by atoms with Gasteiger partial charge in [0, 0.05) is 13.1 Å². The van der Waals surface area contributed by atoms with Crippen LogP contribution in [0, 0.1) is 10.1 Å². The lowest BCUT2D eigenvalue weighted by Crippen LogP contribution is -2.32. The summed E-state index contributed by atoms with van der Waals surface area (Å²) in [4.78, 5) is 22.3. The first-order valence-corrected chi connectivity index (χ1v) is 6.32. The van der Waals surface area contributed by atoms with E-state index in [4.69, 9.17) is 0 Å². The van der Waals surface area contributed by atoms with Crippen molar-refractivity contribution in [1.29, 1.82) is 0 Å². The number of rotatable bonds is 8. The first kappa shape index (κ1) is 18.3. The second-order valence-electron chi connectivity index (χ2n) is 4.02. The Bertz CT molecular complexity index is 449. The molecule has 1 aromatic rings. The van der Waals surface area contributed by atoms with Gasteiger partial charge < -0.3 is 10.6 Å². The second-order valence-corrected chi connectivity index (χ2v) is 4.02. The number of halogens is 1. The van der Waals surface area contributed by atoms with E-state index < -0.39 is 10.8 Å². The SMILES string of the molecule is CCCc1[nH]nc(C(=O)NCCNCC)c1[N+](=O)[O-].Cl. The van der Waals surface area contributed by atoms with Crippen molar-refractivity contribution in [2.75, 3.05) is 19.6 Å². The summed E-state index contributed by atoms with van der Waals surface area (Å²) in [7, 11) is 0. The molecule has 1 aromatic heterocycles. The molecule has 0 aliphatic rings. The molecule has 0 unspecified atom stereocenters. The molecule has 0 bridgehead atoms. The lowest BCUT2D eigenvalue weighted by Gasteiger charge is -2.03. The Hall–Kier alpha value is -1.67. The molecule has 8 nitrogen and oxygen atoms in total. The molecule has 0 aliphatic heterocycles. The van der Waals surface area contributed by atoms with Crippen LogP contribution in [0.1, 0.15) is 36.5 Å². The summed E-state index contributed by atoms with van der Waals surface area (Å²) in [6.07, 6.45) is 1.23. The molecule has 0 spiro atoms. The number of aromatic nitrogens is 2. The minimum absolute atomic E-state index is 0. The summed E-state index contributed by atoms with van der Waals surface area (Å²) in [5, 5.41) is 23.0. The fourth-order valence-corrected chi connectivity index (χ4v) is 1.68. The lowest BCUT2D eigenvalue weighted by molar-refractivity contribution is -0.385. The number of carbonyl (C=O) groups excluding carboxylic acids is 1. The third kappa shape index (κ3) is 4.78. The van der Waals surface area contributed by atoms with Crippen molar-refractivity contribution in [2.24, 2.45) is 0 Å². The van der Waals surface area contributed by atoms with Crippen LogP contribution in [-0.2, 0) is 6.42 Å². The number of likely N-dealkylation sites (N-methyl/N-ethyl adjacent to an activating group) is 1. The summed E-state index contributed by atoms with van der Waals surface area (Å²) in [5.41, 5.74) is 0.0251. The quantitative estimate of drug-likeness (QED) is 0.377. The number of aromatic amines is 1. The van der Waals surface area contributed by atoms with E-state index in [2.05, 4.69) is 20.8 Å². The number of nitrogens with zero attached hydrogens (tertiary/aromatic N) is 2. The van der Waals surface area contributed by atoms with Gasteiger partial charge >= 0.3 is 5.69 Å². The van der Waals surface area contributed by atoms with E-state index in [9.17, 15) is 14.9 Å². The van der Waals surface area contributed by atoms with Crippen LogP contribution in [0.15, 0.2) is 0 Å². The number of hydrogen-bond donors (Lipinski definition) is 3. The van der Waals surface area contributed by atoms with E-state index >= 15 is 0 Å². The van der Waals surface area contributed by atoms with Crippen molar-refractivity contribution < 1.29 is 9.72 Å². The van der Waals surface area contributed by atoms with Crippen LogP contribution in [-0.4, -0.2) is 40.7 Å². The monoisotopic (exact) mass is 305 g/mol. The second kappa shape index (κ2) is 9.27. The zero-order valence-corrected chi connectivity index (χ0v) is 12.4. The van der Waals surface area contributed by atoms with Gasteiger partial charge in [0.25, 0.3) is 5.91 Å². The minimum Gasteiger partial charge on any atom is -0.349 e. The van der Waals surface area contributed by atoms with E-state index in [-0.39, 0.29) is 23.8 Å². The van der Waals surface area contributed by atoms with Crippen molar-refractivity contribution in [3.63, 3.8) is 0 Å². The average molecular weight is 306 g/mol. The predicted molar refractivity (Wildman–Crippen MR) is 77.4 cm³/mol. The van der Waals surface area contributed by atoms with Crippen LogP contribution >= 0.6 is 12.4 Å². The Morgan fingerprint density at radius 2 is 2.10 bits per heavy atom. The largest absolute Gasteiger partial charge is 0.349 e. The molecule has 0 aromatic carbocycles. The molecule has 9 heteroatoms. The van der Waals surface area contributed by atoms with E-state index in [1.807, 2.05) is 13.8 Å². The predicted octanol–water partition coefficient (Wildman–Crippen LogP) is 1.03. The van der Waals surface area contributed by atoms with E-state index in [0.717, 1.165) is 13.0 Å². The van der Waals surface area contributed by atoms with E-state index in [0.29, 0.717) is 25.2 Å². The fourth-order valence-electron chi connectivity index (χ4n) is 1.68. The summed E-state index contributed by atoms with van der Waals surface area (Å²) in [6, 6.07) is 0. The third-order valence-electron chi connectivity index (χ3n) is 2.55. The number of hydrogen-bond acceptors (Lipinski definition) is 5. The van der Waals surface area contributed by atoms with Gasteiger partial charge in [-0.15, -0.1) is 12.4 Å². The third-order valence-corrected chi connectivity index (χ3v) is 2.55. The fraction of sp³-hybridized carbons (Fsp3) is 0.636. The number of carbonyl (C=O) groups is 1. The van der Waals surface area contributed by atoms with Gasteiger partial charge in [0.15, 0.2) is 0 Å². The highest BCUT2D eigenvalue weighted by atomic mass is 35.5. The Morgan fingerprint density at radius 1 is 1.40 bits per heavy atom. The normalized spacial score (nSPS) is 9.90. The molecule has 0 atom stereocenters. The Morgan fingerprint density at radius 3 is 2.65 bits per heavy atom. The smallest absolute Gasteiger partial charge is 0.322 e. The Kier molecular flexibility index (Phi) is 8.49. The summed E-state index contributed by atoms with van der Waals surface area (Å²) in [6.45, 7) is 5.68. The first-order chi connectivity index (χ1) is 9.11. The van der Waals surface area contributed by atoms with E-state index in [1.54, 1.807) is 0 Å². The molecule has 1 heterocycles. The van der Waals surface area contributed by atoms with Crippen LogP contribution in [0.4, 0.5) is 5.69 Å². The number of H-pyrrole nitrogens is 1. The van der Waals surface area contributed by atoms with Crippen LogP contribution in [0.2, 0.25) is 0 Å². The van der Waals surface area contributed by atoms with Gasteiger partial charge in [-0.2, -0.15) is 5.10 Å².